The molecule has 0 aliphatic carbocycles. The number of unbranched alkanes of at least 4 members (excludes halogenated alkanes) is 4. The van der Waals surface area contributed by atoms with Crippen molar-refractivity contribution in [1.29, 1.82) is 0 Å². The van der Waals surface area contributed by atoms with E-state index in [1.807, 2.05) is 0 Å². The Hall–Kier alpha value is -1.13. The quantitative estimate of drug-likeness (QED) is 0.224. The molecule has 0 heterocycles. The van der Waals surface area contributed by atoms with Gasteiger partial charge in [-0.1, -0.05) is 85.1 Å². The van der Waals surface area contributed by atoms with E-state index in [2.05, 4.69) is 90.1 Å². The van der Waals surface area contributed by atoms with Crippen LogP contribution in [0.15, 0.2) is 48.5 Å². The van der Waals surface area contributed by atoms with Crippen LogP contribution in [0.5, 0.6) is 0 Å². The number of hydrogen-bond acceptors (Lipinski definition) is 3. The van der Waals surface area contributed by atoms with Crippen LogP contribution >= 0.6 is 0 Å². The van der Waals surface area contributed by atoms with Gasteiger partial charge in [0.2, 0.25) is 0 Å². The van der Waals surface area contributed by atoms with E-state index < -0.39 is 28.5 Å². The molecule has 0 fully saturated rings. The van der Waals surface area contributed by atoms with Crippen LogP contribution in [0.25, 0.3) is 0 Å². The number of rotatable bonds is 9. The summed E-state index contributed by atoms with van der Waals surface area (Å²) in [7, 11) is -4.17. The van der Waals surface area contributed by atoms with Gasteiger partial charge in [0.25, 0.3) is 0 Å². The minimum Gasteiger partial charge on any atom is -0.748 e. The predicted octanol–water partition coefficient (Wildman–Crippen LogP) is 4.84. The molecular formula is C28H40F3IO3S. The molecule has 0 saturated heterocycles. The Balaban J connectivity index is 0.000000384. The average Bonchev–Trinajstić information content (AvgIpc) is 2.71. The van der Waals surface area contributed by atoms with Crippen LogP contribution in [0.4, 0.5) is 13.2 Å². The molecular weight excluding hydrogens is 600 g/mol. The minimum atomic E-state index is -4.17. The highest BCUT2D eigenvalue weighted by atomic mass is 127. The van der Waals surface area contributed by atoms with Gasteiger partial charge in [-0.05, 0) is 59.1 Å². The first-order valence-corrected chi connectivity index (χ1v) is 16.0. The summed E-state index contributed by atoms with van der Waals surface area (Å²) in [5, 5.41) is 0. The van der Waals surface area contributed by atoms with E-state index in [-0.39, 0.29) is 44.9 Å². The van der Waals surface area contributed by atoms with Crippen molar-refractivity contribution in [2.45, 2.75) is 97.1 Å². The Bertz CT molecular complexity index is 947. The van der Waals surface area contributed by atoms with E-state index in [0.29, 0.717) is 19.3 Å². The molecule has 0 N–H and O–H groups in total. The van der Waals surface area contributed by atoms with Crippen molar-refractivity contribution in [3.05, 3.63) is 66.8 Å². The van der Waals surface area contributed by atoms with Crippen molar-refractivity contribution in [3.8, 4) is 0 Å². The molecule has 0 aliphatic heterocycles. The van der Waals surface area contributed by atoms with Crippen LogP contribution in [-0.4, -0.2) is 24.9 Å². The third-order valence-corrected chi connectivity index (χ3v) is 8.97. The fourth-order valence-electron chi connectivity index (χ4n) is 3.29. The zero-order chi connectivity index (χ0) is 27.6. The highest BCUT2D eigenvalue weighted by molar-refractivity contribution is 7.85. The van der Waals surface area contributed by atoms with E-state index in [1.54, 1.807) is 0 Å². The summed E-state index contributed by atoms with van der Waals surface area (Å²) in [6, 6.07) is 18.4. The van der Waals surface area contributed by atoms with Gasteiger partial charge in [-0.15, -0.1) is 0 Å². The second kappa shape index (κ2) is 14.1. The molecule has 36 heavy (non-hydrogen) atoms. The minimum absolute atomic E-state index is 0.0631. The largest absolute Gasteiger partial charge is 0.748 e. The van der Waals surface area contributed by atoms with Crippen molar-refractivity contribution in [2.24, 2.45) is 0 Å². The maximum absolute atomic E-state index is 11.7. The van der Waals surface area contributed by atoms with Gasteiger partial charge in [-0.25, -0.2) is 8.42 Å². The molecule has 0 saturated carbocycles. The Morgan fingerprint density at radius 2 is 1.03 bits per heavy atom. The standard InChI is InChI=1S/C20H26I.C8H15F3O3S/c1-19(2,3)15-7-11-17(12-8-15)21-18-13-9-16(10-14-18)20(4,5)6;9-8(10,11)6-4-2-1-3-5-7-15(12,13)14/h7-14H,1-6H3;1-7H2,(H,12,13,14)/q+1;/p-1. The fraction of sp³-hybridized carbons (Fsp3) is 0.571. The molecule has 8 heteroatoms. The molecule has 0 aromatic heterocycles. The lowest BCUT2D eigenvalue weighted by Gasteiger charge is -2.18. The van der Waals surface area contributed by atoms with Crippen LogP contribution < -0.4 is 21.2 Å². The SMILES string of the molecule is CC(C)(C)c1ccc([I+]c2ccc(C(C)(C)C)cc2)cc1.O=S(=O)([O-])CCCCCCCC(F)(F)F. The van der Waals surface area contributed by atoms with E-state index in [9.17, 15) is 26.1 Å². The summed E-state index contributed by atoms with van der Waals surface area (Å²) in [4.78, 5) is 0. The van der Waals surface area contributed by atoms with Crippen molar-refractivity contribution in [3.63, 3.8) is 0 Å². The van der Waals surface area contributed by atoms with Crippen LogP contribution in [0.1, 0.15) is 91.2 Å². The molecule has 3 nitrogen and oxygen atoms in total. The van der Waals surface area contributed by atoms with Crippen molar-refractivity contribution in [2.75, 3.05) is 5.75 Å². The fourth-order valence-corrected chi connectivity index (χ4v) is 6.00. The van der Waals surface area contributed by atoms with Gasteiger partial charge in [0.1, 0.15) is 0 Å². The zero-order valence-electron chi connectivity index (χ0n) is 22.2. The summed E-state index contributed by atoms with van der Waals surface area (Å²) in [6.45, 7) is 13.6. The monoisotopic (exact) mass is 640 g/mol. The smallest absolute Gasteiger partial charge is 0.389 e. The number of hydrogen-bond donors (Lipinski definition) is 0. The first kappa shape index (κ1) is 32.9. The zero-order valence-corrected chi connectivity index (χ0v) is 25.2. The summed E-state index contributed by atoms with van der Waals surface area (Å²) in [5.74, 6) is -0.424. The second-order valence-electron chi connectivity index (χ2n) is 11.0. The third-order valence-electron chi connectivity index (χ3n) is 5.49. The summed E-state index contributed by atoms with van der Waals surface area (Å²) in [5.41, 5.74) is 3.31. The van der Waals surface area contributed by atoms with Gasteiger partial charge in [-0.2, -0.15) is 13.2 Å². The van der Waals surface area contributed by atoms with Crippen LogP contribution in [0, 0.1) is 7.14 Å². The number of halogens is 4. The number of benzene rings is 2. The Labute approximate surface area is 226 Å². The van der Waals surface area contributed by atoms with Crippen LogP contribution in [-0.2, 0) is 20.9 Å². The van der Waals surface area contributed by atoms with Crippen molar-refractivity contribution in [1.82, 2.24) is 0 Å². The van der Waals surface area contributed by atoms with E-state index in [0.717, 1.165) is 0 Å². The lowest BCUT2D eigenvalue weighted by atomic mass is 9.87. The lowest BCUT2D eigenvalue weighted by Crippen LogP contribution is -3.61. The van der Waals surface area contributed by atoms with Gasteiger partial charge in [0.15, 0.2) is 7.14 Å². The highest BCUT2D eigenvalue weighted by Crippen LogP contribution is 2.23. The van der Waals surface area contributed by atoms with Gasteiger partial charge in [0.05, 0.1) is 10.1 Å². The summed E-state index contributed by atoms with van der Waals surface area (Å²) >= 11 is -0.0703. The van der Waals surface area contributed by atoms with Crippen molar-refractivity contribution < 1.29 is 47.3 Å². The first-order chi connectivity index (χ1) is 16.4. The molecule has 2 aromatic rings. The molecule has 0 radical (unpaired) electrons. The normalized spacial score (nSPS) is 12.7. The Morgan fingerprint density at radius 3 is 1.36 bits per heavy atom. The maximum Gasteiger partial charge on any atom is 0.389 e. The van der Waals surface area contributed by atoms with E-state index in [4.69, 9.17) is 0 Å². The Morgan fingerprint density at radius 1 is 0.667 bits per heavy atom. The molecule has 204 valence electrons. The summed E-state index contributed by atoms with van der Waals surface area (Å²) < 4.78 is 68.4. The van der Waals surface area contributed by atoms with Crippen LogP contribution in [0.3, 0.4) is 0 Å². The number of alkyl halides is 3. The molecule has 0 atom stereocenters. The van der Waals surface area contributed by atoms with Gasteiger partial charge in [0, 0.05) is 12.2 Å². The molecule has 2 aromatic carbocycles. The van der Waals surface area contributed by atoms with E-state index in [1.165, 1.54) is 18.3 Å². The molecule has 0 aliphatic rings. The molecule has 0 amide bonds. The lowest BCUT2D eigenvalue weighted by molar-refractivity contribution is -0.597. The Kier molecular flexibility index (Phi) is 12.9. The topological polar surface area (TPSA) is 57.2 Å². The average molecular weight is 641 g/mol. The van der Waals surface area contributed by atoms with Gasteiger partial charge in [-0.3, -0.25) is 0 Å². The maximum atomic E-state index is 11.7. The third kappa shape index (κ3) is 15.2. The van der Waals surface area contributed by atoms with Gasteiger partial charge < -0.3 is 4.55 Å². The first-order valence-electron chi connectivity index (χ1n) is 12.2. The predicted molar refractivity (Wildman–Crippen MR) is 136 cm³/mol. The van der Waals surface area contributed by atoms with Gasteiger partial charge >= 0.3 is 27.4 Å². The van der Waals surface area contributed by atoms with E-state index >= 15 is 0 Å². The molecule has 0 spiro atoms. The molecule has 2 rings (SSSR count). The molecule has 0 bridgehead atoms. The van der Waals surface area contributed by atoms with Crippen molar-refractivity contribution >= 4 is 10.1 Å². The summed E-state index contributed by atoms with van der Waals surface area (Å²) in [6.07, 6.45) is -3.18. The second-order valence-corrected chi connectivity index (χ2v) is 15.6. The van der Waals surface area contributed by atoms with Crippen LogP contribution in [0.2, 0.25) is 0 Å². The molecule has 0 unspecified atom stereocenters. The highest BCUT2D eigenvalue weighted by Gasteiger charge is 2.25.